The summed E-state index contributed by atoms with van der Waals surface area (Å²) in [5, 5.41) is 0. The van der Waals surface area contributed by atoms with Crippen molar-refractivity contribution in [2.45, 2.75) is 57.2 Å². The van der Waals surface area contributed by atoms with Gasteiger partial charge in [0.2, 0.25) is 0 Å². The lowest BCUT2D eigenvalue weighted by Crippen LogP contribution is -2.14. The van der Waals surface area contributed by atoms with Gasteiger partial charge in [-0.1, -0.05) is 68.1 Å². The third-order valence-electron chi connectivity index (χ3n) is 6.40. The fraction of sp³-hybridized carbons (Fsp3) is 0.433. The van der Waals surface area contributed by atoms with Crippen LogP contribution in [0.2, 0.25) is 0 Å². The molecule has 0 aliphatic carbocycles. The van der Waals surface area contributed by atoms with Gasteiger partial charge in [0.15, 0.2) is 0 Å². The molecule has 0 saturated carbocycles. The van der Waals surface area contributed by atoms with E-state index in [4.69, 9.17) is 14.2 Å². The molecule has 38 heavy (non-hydrogen) atoms. The van der Waals surface area contributed by atoms with Crippen molar-refractivity contribution in [3.8, 4) is 5.75 Å². The number of ether oxygens (including phenoxy) is 4. The van der Waals surface area contributed by atoms with Crippen molar-refractivity contribution in [1.82, 2.24) is 4.90 Å². The number of hydrogen-bond donors (Lipinski definition) is 0. The van der Waals surface area contributed by atoms with Gasteiger partial charge in [0.25, 0.3) is 0 Å². The van der Waals surface area contributed by atoms with Gasteiger partial charge >= 0.3 is 17.9 Å². The third kappa shape index (κ3) is 9.34. The van der Waals surface area contributed by atoms with Crippen LogP contribution in [-0.2, 0) is 35.1 Å². The van der Waals surface area contributed by atoms with Crippen LogP contribution in [0.1, 0.15) is 55.7 Å². The van der Waals surface area contributed by atoms with E-state index in [1.54, 1.807) is 0 Å². The Labute approximate surface area is 224 Å². The second-order valence-corrected chi connectivity index (χ2v) is 9.13. The zero-order chi connectivity index (χ0) is 27.2. The SMILES string of the molecule is COC(=O)/C=C/C(=O)OCCCCCCCCOc1ccc(C2C(C(=O)OC)N2Cc2ccccc2)cc1. The Kier molecular flexibility index (Phi) is 11.8. The fourth-order valence-electron chi connectivity index (χ4n) is 4.31. The Balaban J connectivity index is 1.28. The van der Waals surface area contributed by atoms with E-state index in [1.807, 2.05) is 42.5 Å². The molecule has 0 aromatic heterocycles. The van der Waals surface area contributed by atoms with Gasteiger partial charge in [-0.3, -0.25) is 9.69 Å². The molecular weight excluding hydrogens is 486 g/mol. The Morgan fingerprint density at radius 1 is 0.763 bits per heavy atom. The van der Waals surface area contributed by atoms with Gasteiger partial charge < -0.3 is 18.9 Å². The molecule has 8 nitrogen and oxygen atoms in total. The van der Waals surface area contributed by atoms with Crippen LogP contribution < -0.4 is 4.74 Å². The van der Waals surface area contributed by atoms with Gasteiger partial charge in [0.05, 0.1) is 33.5 Å². The molecule has 8 heteroatoms. The standard InChI is InChI=1S/C30H37NO7/c1-35-26(32)18-19-27(33)38-21-11-6-4-3-5-10-20-37-25-16-14-24(15-17-25)28-29(30(34)36-2)31(28)22-23-12-8-7-9-13-23/h7-9,12-19,28-29H,3-6,10-11,20-22H2,1-2H3/b19-18+. The molecule has 0 N–H and O–H groups in total. The lowest BCUT2D eigenvalue weighted by molar-refractivity contribution is -0.141. The van der Waals surface area contributed by atoms with E-state index >= 15 is 0 Å². The van der Waals surface area contributed by atoms with Gasteiger partial charge in [-0.05, 0) is 36.1 Å². The highest BCUT2D eigenvalue weighted by atomic mass is 16.5. The Morgan fingerprint density at radius 2 is 1.39 bits per heavy atom. The Bertz CT molecular complexity index is 1050. The molecule has 204 valence electrons. The maximum atomic E-state index is 12.3. The first-order chi connectivity index (χ1) is 18.5. The average molecular weight is 524 g/mol. The fourth-order valence-corrected chi connectivity index (χ4v) is 4.31. The van der Waals surface area contributed by atoms with E-state index in [0.717, 1.165) is 67.6 Å². The summed E-state index contributed by atoms with van der Waals surface area (Å²) in [5.74, 6) is -0.506. The molecule has 0 spiro atoms. The molecule has 0 radical (unpaired) electrons. The minimum Gasteiger partial charge on any atom is -0.494 e. The topological polar surface area (TPSA) is 91.1 Å². The summed E-state index contributed by atoms with van der Waals surface area (Å²) in [4.78, 5) is 36.8. The quantitative estimate of drug-likeness (QED) is 0.102. The maximum Gasteiger partial charge on any atom is 0.331 e. The summed E-state index contributed by atoms with van der Waals surface area (Å²) < 4.78 is 20.4. The van der Waals surface area contributed by atoms with Crippen molar-refractivity contribution >= 4 is 17.9 Å². The average Bonchev–Trinajstić information content (AvgIpc) is 3.66. The highest BCUT2D eigenvalue weighted by molar-refractivity contribution is 5.91. The van der Waals surface area contributed by atoms with E-state index in [9.17, 15) is 14.4 Å². The van der Waals surface area contributed by atoms with Gasteiger partial charge in [-0.25, -0.2) is 9.59 Å². The molecule has 3 atom stereocenters. The second-order valence-electron chi connectivity index (χ2n) is 9.13. The largest absolute Gasteiger partial charge is 0.494 e. The number of carbonyl (C=O) groups excluding carboxylic acids is 3. The van der Waals surface area contributed by atoms with Gasteiger partial charge in [0.1, 0.15) is 11.8 Å². The van der Waals surface area contributed by atoms with E-state index in [2.05, 4.69) is 21.8 Å². The van der Waals surface area contributed by atoms with Crippen LogP contribution in [0.4, 0.5) is 0 Å². The molecule has 0 bridgehead atoms. The van der Waals surface area contributed by atoms with Crippen LogP contribution in [0.3, 0.4) is 0 Å². The van der Waals surface area contributed by atoms with Gasteiger partial charge in [-0.2, -0.15) is 0 Å². The molecule has 3 rings (SSSR count). The van der Waals surface area contributed by atoms with Crippen molar-refractivity contribution < 1.29 is 33.3 Å². The van der Waals surface area contributed by atoms with Crippen LogP contribution in [0.15, 0.2) is 66.7 Å². The molecule has 0 amide bonds. The molecule has 1 heterocycles. The molecule has 3 unspecified atom stereocenters. The zero-order valence-electron chi connectivity index (χ0n) is 22.2. The van der Waals surface area contributed by atoms with Crippen molar-refractivity contribution in [2.24, 2.45) is 0 Å². The smallest absolute Gasteiger partial charge is 0.331 e. The minimum absolute atomic E-state index is 0.0107. The van der Waals surface area contributed by atoms with Crippen LogP contribution in [0.5, 0.6) is 5.75 Å². The summed E-state index contributed by atoms with van der Waals surface area (Å²) in [7, 11) is 2.68. The summed E-state index contributed by atoms with van der Waals surface area (Å²) in [6.07, 6.45) is 8.08. The summed E-state index contributed by atoms with van der Waals surface area (Å²) in [6, 6.07) is 17.8. The highest BCUT2D eigenvalue weighted by Gasteiger charge is 2.53. The number of rotatable bonds is 16. The summed E-state index contributed by atoms with van der Waals surface area (Å²) >= 11 is 0. The number of esters is 3. The number of nitrogens with zero attached hydrogens (tertiary/aromatic N) is 1. The van der Waals surface area contributed by atoms with Crippen molar-refractivity contribution in [3.63, 3.8) is 0 Å². The number of unbranched alkanes of at least 4 members (excludes halogenated alkanes) is 5. The second kappa shape index (κ2) is 15.6. The molecular formula is C30H37NO7. The first-order valence-corrected chi connectivity index (χ1v) is 13.1. The van der Waals surface area contributed by atoms with Crippen molar-refractivity contribution in [2.75, 3.05) is 27.4 Å². The van der Waals surface area contributed by atoms with E-state index in [1.165, 1.54) is 14.2 Å². The van der Waals surface area contributed by atoms with Crippen molar-refractivity contribution in [3.05, 3.63) is 77.9 Å². The van der Waals surface area contributed by atoms with E-state index in [0.29, 0.717) is 19.8 Å². The van der Waals surface area contributed by atoms with E-state index in [-0.39, 0.29) is 18.1 Å². The summed E-state index contributed by atoms with van der Waals surface area (Å²) in [6.45, 7) is 1.69. The highest BCUT2D eigenvalue weighted by Crippen LogP contribution is 2.45. The molecule has 1 fully saturated rings. The zero-order valence-corrected chi connectivity index (χ0v) is 22.2. The first-order valence-electron chi connectivity index (χ1n) is 13.1. The minimum atomic E-state index is -0.583. The van der Waals surface area contributed by atoms with Gasteiger partial charge in [0, 0.05) is 18.7 Å². The van der Waals surface area contributed by atoms with Crippen molar-refractivity contribution in [1.29, 1.82) is 0 Å². The molecule has 1 aliphatic rings. The number of methoxy groups -OCH3 is 2. The van der Waals surface area contributed by atoms with Crippen LogP contribution in [-0.4, -0.2) is 56.3 Å². The Morgan fingerprint density at radius 3 is 2.05 bits per heavy atom. The molecule has 2 aromatic carbocycles. The number of benzene rings is 2. The van der Waals surface area contributed by atoms with Crippen LogP contribution >= 0.6 is 0 Å². The normalized spacial score (nSPS) is 18.1. The summed E-state index contributed by atoms with van der Waals surface area (Å²) in [5.41, 5.74) is 2.24. The first kappa shape index (κ1) is 28.9. The monoisotopic (exact) mass is 523 g/mol. The Hall–Kier alpha value is -3.65. The van der Waals surface area contributed by atoms with Crippen LogP contribution in [0.25, 0.3) is 0 Å². The number of hydrogen-bond acceptors (Lipinski definition) is 8. The number of carbonyl (C=O) groups is 3. The van der Waals surface area contributed by atoms with Gasteiger partial charge in [-0.15, -0.1) is 0 Å². The molecule has 1 aliphatic heterocycles. The maximum absolute atomic E-state index is 12.3. The lowest BCUT2D eigenvalue weighted by atomic mass is 10.1. The lowest BCUT2D eigenvalue weighted by Gasteiger charge is -2.08. The van der Waals surface area contributed by atoms with Crippen LogP contribution in [0, 0.1) is 0 Å². The predicted octanol–water partition coefficient (Wildman–Crippen LogP) is 4.78. The predicted molar refractivity (Wildman–Crippen MR) is 142 cm³/mol. The van der Waals surface area contributed by atoms with E-state index < -0.39 is 11.9 Å². The molecule has 2 aromatic rings. The third-order valence-corrected chi connectivity index (χ3v) is 6.40. The molecule has 1 saturated heterocycles.